The third kappa shape index (κ3) is 2.73. The molecule has 1 heterocycles. The van der Waals surface area contributed by atoms with Gasteiger partial charge in [-0.2, -0.15) is 0 Å². The molecule has 0 bridgehead atoms. The van der Waals surface area contributed by atoms with Gasteiger partial charge in [0.1, 0.15) is 6.54 Å². The van der Waals surface area contributed by atoms with Gasteiger partial charge < -0.3 is 9.30 Å². The van der Waals surface area contributed by atoms with Crippen molar-refractivity contribution in [1.29, 1.82) is 0 Å². The Morgan fingerprint density at radius 1 is 1.28 bits per heavy atom. The van der Waals surface area contributed by atoms with Crippen molar-refractivity contribution in [2.75, 3.05) is 6.61 Å². The Labute approximate surface area is 107 Å². The zero-order valence-corrected chi connectivity index (χ0v) is 11.0. The lowest BCUT2D eigenvalue weighted by molar-refractivity contribution is -0.144. The fraction of sp³-hybridized carbons (Fsp3) is 0.400. The standard InChI is InChI=1S/C15H19NO2/c1-3-9-18-15(17)11-16-8-7-13-10-12(4-2)5-6-14(13)16/h5-8,10H,3-4,9,11H2,1-2H3. The molecule has 2 rings (SSSR count). The summed E-state index contributed by atoms with van der Waals surface area (Å²) in [6.45, 7) is 4.91. The van der Waals surface area contributed by atoms with Gasteiger partial charge in [0.15, 0.2) is 0 Å². The molecule has 0 unspecified atom stereocenters. The smallest absolute Gasteiger partial charge is 0.325 e. The van der Waals surface area contributed by atoms with Crippen LogP contribution in [0, 0.1) is 0 Å². The molecule has 0 saturated heterocycles. The molecule has 96 valence electrons. The van der Waals surface area contributed by atoms with Gasteiger partial charge in [-0.05, 0) is 42.0 Å². The zero-order chi connectivity index (χ0) is 13.0. The quantitative estimate of drug-likeness (QED) is 0.758. The molecule has 2 aromatic rings. The number of ether oxygens (including phenoxy) is 1. The van der Waals surface area contributed by atoms with Crippen LogP contribution in [0.5, 0.6) is 0 Å². The molecule has 3 heteroatoms. The van der Waals surface area contributed by atoms with E-state index in [1.165, 1.54) is 10.9 Å². The number of aryl methyl sites for hydroxylation is 1. The summed E-state index contributed by atoms with van der Waals surface area (Å²) in [4.78, 5) is 11.6. The first kappa shape index (κ1) is 12.7. The van der Waals surface area contributed by atoms with Crippen LogP contribution < -0.4 is 0 Å². The van der Waals surface area contributed by atoms with Crippen LogP contribution >= 0.6 is 0 Å². The molecule has 18 heavy (non-hydrogen) atoms. The highest BCUT2D eigenvalue weighted by atomic mass is 16.5. The Balaban J connectivity index is 2.16. The molecule has 1 aromatic heterocycles. The summed E-state index contributed by atoms with van der Waals surface area (Å²) >= 11 is 0. The molecule has 0 saturated carbocycles. The Hall–Kier alpha value is -1.77. The van der Waals surface area contributed by atoms with Crippen molar-refractivity contribution < 1.29 is 9.53 Å². The van der Waals surface area contributed by atoms with Gasteiger partial charge in [-0.15, -0.1) is 0 Å². The van der Waals surface area contributed by atoms with Gasteiger partial charge in [-0.1, -0.05) is 19.9 Å². The van der Waals surface area contributed by atoms with Gasteiger partial charge in [-0.25, -0.2) is 0 Å². The van der Waals surface area contributed by atoms with E-state index in [1.807, 2.05) is 23.8 Å². The Morgan fingerprint density at radius 3 is 2.83 bits per heavy atom. The maximum Gasteiger partial charge on any atom is 0.325 e. The molecule has 0 N–H and O–H groups in total. The van der Waals surface area contributed by atoms with Gasteiger partial charge in [0.2, 0.25) is 0 Å². The van der Waals surface area contributed by atoms with Crippen molar-refractivity contribution in [2.45, 2.75) is 33.2 Å². The third-order valence-electron chi connectivity index (χ3n) is 3.01. The van der Waals surface area contributed by atoms with E-state index in [9.17, 15) is 4.79 Å². The van der Waals surface area contributed by atoms with E-state index in [-0.39, 0.29) is 12.5 Å². The minimum atomic E-state index is -0.172. The lowest BCUT2D eigenvalue weighted by atomic mass is 10.1. The van der Waals surface area contributed by atoms with Crippen LogP contribution in [0.15, 0.2) is 30.5 Å². The van der Waals surface area contributed by atoms with E-state index < -0.39 is 0 Å². The van der Waals surface area contributed by atoms with E-state index in [0.29, 0.717) is 6.61 Å². The predicted molar refractivity (Wildman–Crippen MR) is 72.6 cm³/mol. The largest absolute Gasteiger partial charge is 0.464 e. The lowest BCUT2D eigenvalue weighted by Crippen LogP contribution is -2.13. The third-order valence-corrected chi connectivity index (χ3v) is 3.01. The molecule has 0 radical (unpaired) electrons. The average Bonchev–Trinajstić information content (AvgIpc) is 2.78. The van der Waals surface area contributed by atoms with Gasteiger partial charge >= 0.3 is 5.97 Å². The fourth-order valence-electron chi connectivity index (χ4n) is 2.01. The van der Waals surface area contributed by atoms with Crippen LogP contribution in [0.1, 0.15) is 25.8 Å². The van der Waals surface area contributed by atoms with Gasteiger partial charge in [0.25, 0.3) is 0 Å². The van der Waals surface area contributed by atoms with E-state index in [4.69, 9.17) is 4.74 Å². The number of esters is 1. The summed E-state index contributed by atoms with van der Waals surface area (Å²) in [6, 6.07) is 8.39. The minimum Gasteiger partial charge on any atom is -0.464 e. The number of hydrogen-bond acceptors (Lipinski definition) is 2. The molecule has 0 amide bonds. The number of hydrogen-bond donors (Lipinski definition) is 0. The highest BCUT2D eigenvalue weighted by Crippen LogP contribution is 2.18. The lowest BCUT2D eigenvalue weighted by Gasteiger charge is -2.06. The van der Waals surface area contributed by atoms with E-state index in [1.54, 1.807) is 0 Å². The number of aromatic nitrogens is 1. The van der Waals surface area contributed by atoms with Crippen LogP contribution in [-0.4, -0.2) is 17.1 Å². The Morgan fingerprint density at radius 2 is 2.11 bits per heavy atom. The SMILES string of the molecule is CCCOC(=O)Cn1ccc2cc(CC)ccc21. The van der Waals surface area contributed by atoms with Crippen LogP contribution in [0.25, 0.3) is 10.9 Å². The Kier molecular flexibility index (Phi) is 4.03. The summed E-state index contributed by atoms with van der Waals surface area (Å²) in [5.41, 5.74) is 2.40. The second-order valence-electron chi connectivity index (χ2n) is 4.41. The van der Waals surface area contributed by atoms with Crippen molar-refractivity contribution >= 4 is 16.9 Å². The first-order valence-corrected chi connectivity index (χ1v) is 6.48. The summed E-state index contributed by atoms with van der Waals surface area (Å²) in [5, 5.41) is 1.18. The fourth-order valence-corrected chi connectivity index (χ4v) is 2.01. The van der Waals surface area contributed by atoms with Crippen molar-refractivity contribution in [3.63, 3.8) is 0 Å². The molecule has 1 aromatic carbocycles. The van der Waals surface area contributed by atoms with E-state index >= 15 is 0 Å². The molecule has 0 aliphatic heterocycles. The number of carbonyl (C=O) groups is 1. The minimum absolute atomic E-state index is 0.172. The van der Waals surface area contributed by atoms with Crippen molar-refractivity contribution in [3.8, 4) is 0 Å². The van der Waals surface area contributed by atoms with E-state index in [2.05, 4.69) is 25.1 Å². The second kappa shape index (κ2) is 5.71. The first-order valence-electron chi connectivity index (χ1n) is 6.48. The van der Waals surface area contributed by atoms with Crippen molar-refractivity contribution in [3.05, 3.63) is 36.0 Å². The topological polar surface area (TPSA) is 31.2 Å². The predicted octanol–water partition coefficient (Wildman–Crippen LogP) is 3.16. The highest BCUT2D eigenvalue weighted by Gasteiger charge is 2.07. The molecule has 3 nitrogen and oxygen atoms in total. The molecular formula is C15H19NO2. The normalized spacial score (nSPS) is 10.8. The molecule has 0 aliphatic rings. The average molecular weight is 245 g/mol. The molecule has 0 aliphatic carbocycles. The molecule has 0 atom stereocenters. The maximum atomic E-state index is 11.6. The monoisotopic (exact) mass is 245 g/mol. The van der Waals surface area contributed by atoms with E-state index in [0.717, 1.165) is 18.4 Å². The summed E-state index contributed by atoms with van der Waals surface area (Å²) in [6.07, 6.45) is 3.83. The number of carbonyl (C=O) groups excluding carboxylic acids is 1. The van der Waals surface area contributed by atoms with Crippen molar-refractivity contribution in [2.24, 2.45) is 0 Å². The number of rotatable bonds is 5. The number of benzene rings is 1. The highest BCUT2D eigenvalue weighted by molar-refractivity contribution is 5.82. The second-order valence-corrected chi connectivity index (χ2v) is 4.41. The van der Waals surface area contributed by atoms with Crippen LogP contribution in [0.3, 0.4) is 0 Å². The molecule has 0 spiro atoms. The number of fused-ring (bicyclic) bond motifs is 1. The molecule has 0 fully saturated rings. The van der Waals surface area contributed by atoms with Crippen LogP contribution in [-0.2, 0) is 22.5 Å². The van der Waals surface area contributed by atoms with Crippen LogP contribution in [0.2, 0.25) is 0 Å². The zero-order valence-electron chi connectivity index (χ0n) is 11.0. The van der Waals surface area contributed by atoms with Crippen LogP contribution in [0.4, 0.5) is 0 Å². The summed E-state index contributed by atoms with van der Waals surface area (Å²) in [7, 11) is 0. The Bertz CT molecular complexity index is 542. The maximum absolute atomic E-state index is 11.6. The van der Waals surface area contributed by atoms with Gasteiger partial charge in [0, 0.05) is 11.7 Å². The number of nitrogens with zero attached hydrogens (tertiary/aromatic N) is 1. The van der Waals surface area contributed by atoms with Crippen molar-refractivity contribution in [1.82, 2.24) is 4.57 Å². The van der Waals surface area contributed by atoms with Gasteiger partial charge in [0.05, 0.1) is 6.61 Å². The first-order chi connectivity index (χ1) is 8.74. The molecular weight excluding hydrogens is 226 g/mol. The van der Waals surface area contributed by atoms with Gasteiger partial charge in [-0.3, -0.25) is 4.79 Å². The summed E-state index contributed by atoms with van der Waals surface area (Å²) in [5.74, 6) is -0.172. The summed E-state index contributed by atoms with van der Waals surface area (Å²) < 4.78 is 7.04.